The second-order valence-corrected chi connectivity index (χ2v) is 4.54. The normalized spacial score (nSPS) is 17.1. The first-order valence-electron chi connectivity index (χ1n) is 6.35. The number of nitrogens with one attached hydrogen (secondary N) is 1. The maximum absolute atomic E-state index is 4.24. The van der Waals surface area contributed by atoms with Crippen LogP contribution in [0.2, 0.25) is 0 Å². The van der Waals surface area contributed by atoms with Crippen molar-refractivity contribution in [2.75, 3.05) is 0 Å². The molecule has 0 spiro atoms. The van der Waals surface area contributed by atoms with Crippen LogP contribution in [0.25, 0.3) is 0 Å². The molecule has 1 aliphatic rings. The molecule has 1 N–H and O–H groups in total. The molecule has 2 heteroatoms. The van der Waals surface area contributed by atoms with E-state index >= 15 is 0 Å². The van der Waals surface area contributed by atoms with Crippen LogP contribution in [-0.4, -0.2) is 6.21 Å². The predicted molar refractivity (Wildman–Crippen MR) is 74.8 cm³/mol. The molecule has 0 saturated carbocycles. The highest BCUT2D eigenvalue weighted by atomic mass is 15.3. The highest BCUT2D eigenvalue weighted by Gasteiger charge is 2.18. The molecule has 2 aromatic rings. The van der Waals surface area contributed by atoms with E-state index in [9.17, 15) is 0 Å². The molecule has 90 valence electrons. The van der Waals surface area contributed by atoms with Gasteiger partial charge in [-0.05, 0) is 23.1 Å². The molecule has 1 heterocycles. The smallest absolute Gasteiger partial charge is 0.0946 e. The van der Waals surface area contributed by atoms with Gasteiger partial charge >= 0.3 is 0 Å². The first-order valence-corrected chi connectivity index (χ1v) is 6.35. The van der Waals surface area contributed by atoms with Gasteiger partial charge in [-0.1, -0.05) is 55.5 Å². The third-order valence-electron chi connectivity index (χ3n) is 3.44. The number of hydrogen-bond acceptors (Lipinski definition) is 2. The molecule has 18 heavy (non-hydrogen) atoms. The number of nitrogens with zero attached hydrogens (tertiary/aromatic N) is 1. The van der Waals surface area contributed by atoms with Crippen molar-refractivity contribution in [3.63, 3.8) is 0 Å². The van der Waals surface area contributed by atoms with Crippen molar-refractivity contribution in [2.24, 2.45) is 5.10 Å². The van der Waals surface area contributed by atoms with Crippen molar-refractivity contribution >= 4 is 6.21 Å². The van der Waals surface area contributed by atoms with Crippen LogP contribution in [0.15, 0.2) is 53.6 Å². The highest BCUT2D eigenvalue weighted by Crippen LogP contribution is 2.26. The summed E-state index contributed by atoms with van der Waals surface area (Å²) in [4.78, 5) is 0. The zero-order valence-corrected chi connectivity index (χ0v) is 10.4. The second kappa shape index (κ2) is 4.65. The Bertz CT molecular complexity index is 570. The van der Waals surface area contributed by atoms with Gasteiger partial charge in [0, 0.05) is 5.56 Å². The number of rotatable bonds is 2. The van der Waals surface area contributed by atoms with Crippen LogP contribution >= 0.6 is 0 Å². The Kier molecular flexibility index (Phi) is 2.85. The SMILES string of the molecule is CCc1ccc(C2NN=Cc3ccccc32)cc1. The van der Waals surface area contributed by atoms with Crippen LogP contribution in [0.3, 0.4) is 0 Å². The maximum atomic E-state index is 4.24. The molecule has 0 amide bonds. The van der Waals surface area contributed by atoms with Crippen molar-refractivity contribution in [3.8, 4) is 0 Å². The Morgan fingerprint density at radius 2 is 1.83 bits per heavy atom. The predicted octanol–water partition coefficient (Wildman–Crippen LogP) is 3.28. The van der Waals surface area contributed by atoms with Gasteiger partial charge in [0.1, 0.15) is 0 Å². The lowest BCUT2D eigenvalue weighted by Gasteiger charge is -2.23. The minimum atomic E-state index is 0.164. The van der Waals surface area contributed by atoms with E-state index in [0.29, 0.717) is 0 Å². The number of benzene rings is 2. The molecular formula is C16H16N2. The summed E-state index contributed by atoms with van der Waals surface area (Å²) in [6, 6.07) is 17.3. The molecule has 2 aromatic carbocycles. The van der Waals surface area contributed by atoms with E-state index in [4.69, 9.17) is 0 Å². The molecular weight excluding hydrogens is 220 g/mol. The molecule has 1 unspecified atom stereocenters. The lowest BCUT2D eigenvalue weighted by Crippen LogP contribution is -2.22. The molecule has 3 rings (SSSR count). The summed E-state index contributed by atoms with van der Waals surface area (Å²) in [5.74, 6) is 0. The Balaban J connectivity index is 1.99. The van der Waals surface area contributed by atoms with E-state index < -0.39 is 0 Å². The summed E-state index contributed by atoms with van der Waals surface area (Å²) in [6.45, 7) is 2.17. The monoisotopic (exact) mass is 236 g/mol. The van der Waals surface area contributed by atoms with E-state index in [0.717, 1.165) is 6.42 Å². The summed E-state index contributed by atoms with van der Waals surface area (Å²) in [6.07, 6.45) is 2.96. The van der Waals surface area contributed by atoms with Gasteiger partial charge in [-0.25, -0.2) is 0 Å². The quantitative estimate of drug-likeness (QED) is 0.850. The fourth-order valence-electron chi connectivity index (χ4n) is 2.34. The fraction of sp³-hybridized carbons (Fsp3) is 0.188. The number of fused-ring (bicyclic) bond motifs is 1. The maximum Gasteiger partial charge on any atom is 0.0946 e. The molecule has 0 fully saturated rings. The summed E-state index contributed by atoms with van der Waals surface area (Å²) < 4.78 is 0. The average Bonchev–Trinajstić information content (AvgIpc) is 2.47. The Labute approximate surface area is 107 Å². The van der Waals surface area contributed by atoms with Crippen LogP contribution in [0, 0.1) is 0 Å². The molecule has 0 aromatic heterocycles. The van der Waals surface area contributed by atoms with Crippen LogP contribution in [-0.2, 0) is 6.42 Å². The lowest BCUT2D eigenvalue weighted by atomic mass is 9.93. The molecule has 1 atom stereocenters. The molecule has 2 nitrogen and oxygen atoms in total. The summed E-state index contributed by atoms with van der Waals surface area (Å²) >= 11 is 0. The number of aryl methyl sites for hydroxylation is 1. The van der Waals surface area contributed by atoms with Gasteiger partial charge in [0.25, 0.3) is 0 Å². The van der Waals surface area contributed by atoms with E-state index in [-0.39, 0.29) is 6.04 Å². The Hall–Kier alpha value is -2.09. The molecule has 1 aliphatic heterocycles. The minimum absolute atomic E-state index is 0.164. The first-order chi connectivity index (χ1) is 8.88. The van der Waals surface area contributed by atoms with Gasteiger partial charge in [0.15, 0.2) is 0 Å². The summed E-state index contributed by atoms with van der Waals surface area (Å²) in [7, 11) is 0. The van der Waals surface area contributed by atoms with Crippen molar-refractivity contribution in [1.82, 2.24) is 5.43 Å². The molecule has 0 aliphatic carbocycles. The van der Waals surface area contributed by atoms with Crippen molar-refractivity contribution in [2.45, 2.75) is 19.4 Å². The minimum Gasteiger partial charge on any atom is -0.298 e. The standard InChI is InChI=1S/C16H16N2/c1-2-12-7-9-13(10-8-12)16-15-6-4-3-5-14(15)11-17-18-16/h3-11,16,18H,2H2,1H3. The van der Waals surface area contributed by atoms with Gasteiger partial charge in [0.05, 0.1) is 12.3 Å². The zero-order chi connectivity index (χ0) is 12.4. The van der Waals surface area contributed by atoms with Crippen molar-refractivity contribution in [1.29, 1.82) is 0 Å². The Morgan fingerprint density at radius 1 is 1.06 bits per heavy atom. The van der Waals surface area contributed by atoms with Gasteiger partial charge in [0.2, 0.25) is 0 Å². The third-order valence-corrected chi connectivity index (χ3v) is 3.44. The molecule has 0 saturated heterocycles. The topological polar surface area (TPSA) is 24.4 Å². The largest absolute Gasteiger partial charge is 0.298 e. The van der Waals surface area contributed by atoms with E-state index in [1.165, 1.54) is 22.3 Å². The number of hydrazone groups is 1. The second-order valence-electron chi connectivity index (χ2n) is 4.54. The molecule has 0 radical (unpaired) electrons. The van der Waals surface area contributed by atoms with Gasteiger partial charge in [-0.15, -0.1) is 0 Å². The zero-order valence-electron chi connectivity index (χ0n) is 10.4. The number of hydrogen-bond donors (Lipinski definition) is 1. The first kappa shape index (κ1) is 11.0. The van der Waals surface area contributed by atoms with Crippen LogP contribution in [0.1, 0.15) is 35.2 Å². The summed E-state index contributed by atoms with van der Waals surface area (Å²) in [5.41, 5.74) is 8.31. The van der Waals surface area contributed by atoms with Gasteiger partial charge in [-0.3, -0.25) is 5.43 Å². The molecule has 0 bridgehead atoms. The fourth-order valence-corrected chi connectivity index (χ4v) is 2.34. The van der Waals surface area contributed by atoms with E-state index in [1.807, 2.05) is 12.3 Å². The summed E-state index contributed by atoms with van der Waals surface area (Å²) in [5, 5.41) is 4.24. The van der Waals surface area contributed by atoms with Gasteiger partial charge < -0.3 is 0 Å². The average molecular weight is 236 g/mol. The lowest BCUT2D eigenvalue weighted by molar-refractivity contribution is 0.631. The highest BCUT2D eigenvalue weighted by molar-refractivity contribution is 5.83. The van der Waals surface area contributed by atoms with Crippen molar-refractivity contribution in [3.05, 3.63) is 70.8 Å². The van der Waals surface area contributed by atoms with E-state index in [2.05, 4.69) is 59.9 Å². The van der Waals surface area contributed by atoms with E-state index in [1.54, 1.807) is 0 Å². The van der Waals surface area contributed by atoms with Crippen LogP contribution in [0.4, 0.5) is 0 Å². The van der Waals surface area contributed by atoms with Crippen LogP contribution < -0.4 is 5.43 Å². The van der Waals surface area contributed by atoms with Crippen LogP contribution in [0.5, 0.6) is 0 Å². The van der Waals surface area contributed by atoms with Crippen molar-refractivity contribution < 1.29 is 0 Å². The van der Waals surface area contributed by atoms with Gasteiger partial charge in [-0.2, -0.15) is 5.10 Å². The third kappa shape index (κ3) is 1.90. The Morgan fingerprint density at radius 3 is 2.61 bits per heavy atom.